The molecule has 0 aliphatic carbocycles. The SMILES string of the molecule is COc1cc(/C=C2\SC(=S)N(CCCC(=O)Nc3nccs3)C2=O)cc(OC)c1O. The number of anilines is 1. The second-order valence-electron chi connectivity index (χ2n) is 6.10. The summed E-state index contributed by atoms with van der Waals surface area (Å²) in [5.74, 6) is -0.0177. The zero-order valence-corrected chi connectivity index (χ0v) is 18.7. The molecular formula is C19H19N3O5S3. The quantitative estimate of drug-likeness (QED) is 0.451. The number of methoxy groups -OCH3 is 2. The highest BCUT2D eigenvalue weighted by Gasteiger charge is 2.31. The Morgan fingerprint density at radius 1 is 1.33 bits per heavy atom. The van der Waals surface area contributed by atoms with Gasteiger partial charge in [0.2, 0.25) is 11.7 Å². The number of rotatable bonds is 8. The third-order valence-corrected chi connectivity index (χ3v) is 6.20. The summed E-state index contributed by atoms with van der Waals surface area (Å²) in [6.45, 7) is 0.343. The van der Waals surface area contributed by atoms with E-state index in [9.17, 15) is 14.7 Å². The molecule has 1 aromatic carbocycles. The van der Waals surface area contributed by atoms with Gasteiger partial charge in [-0.3, -0.25) is 14.5 Å². The van der Waals surface area contributed by atoms with Gasteiger partial charge in [0.1, 0.15) is 4.32 Å². The van der Waals surface area contributed by atoms with E-state index in [0.29, 0.717) is 32.9 Å². The number of thiocarbonyl (C=S) groups is 1. The molecule has 1 fully saturated rings. The lowest BCUT2D eigenvalue weighted by atomic mass is 10.1. The Kier molecular flexibility index (Phi) is 7.29. The minimum Gasteiger partial charge on any atom is -0.502 e. The van der Waals surface area contributed by atoms with Gasteiger partial charge in [-0.15, -0.1) is 11.3 Å². The fraction of sp³-hybridized carbons (Fsp3) is 0.263. The molecule has 1 saturated heterocycles. The molecule has 158 valence electrons. The second kappa shape index (κ2) is 9.92. The number of thiazole rings is 1. The Morgan fingerprint density at radius 3 is 2.63 bits per heavy atom. The number of amides is 2. The monoisotopic (exact) mass is 465 g/mol. The van der Waals surface area contributed by atoms with Gasteiger partial charge < -0.3 is 19.9 Å². The first kappa shape index (κ1) is 22.1. The molecule has 11 heteroatoms. The zero-order chi connectivity index (χ0) is 21.7. The van der Waals surface area contributed by atoms with Gasteiger partial charge in [-0.1, -0.05) is 24.0 Å². The molecule has 1 aromatic heterocycles. The topological polar surface area (TPSA) is 101 Å². The van der Waals surface area contributed by atoms with Gasteiger partial charge in [0, 0.05) is 24.5 Å². The van der Waals surface area contributed by atoms with Crippen LogP contribution in [0.4, 0.5) is 5.13 Å². The Hall–Kier alpha value is -2.63. The van der Waals surface area contributed by atoms with Crippen LogP contribution in [0.1, 0.15) is 18.4 Å². The van der Waals surface area contributed by atoms with E-state index in [0.717, 1.165) is 0 Å². The highest BCUT2D eigenvalue weighted by atomic mass is 32.2. The highest BCUT2D eigenvalue weighted by molar-refractivity contribution is 8.26. The number of thioether (sulfide) groups is 1. The standard InChI is InChI=1S/C19H19N3O5S3/c1-26-12-8-11(9-13(27-2)16(12)24)10-14-17(25)22(19(28)30-14)6-3-4-15(23)21-18-20-5-7-29-18/h5,7-10,24H,3-4,6H2,1-2H3,(H,20,21,23)/b14-10-. The molecule has 0 spiro atoms. The number of nitrogens with one attached hydrogen (secondary N) is 1. The average Bonchev–Trinajstić information content (AvgIpc) is 3.32. The maximum absolute atomic E-state index is 12.8. The maximum atomic E-state index is 12.8. The molecule has 0 unspecified atom stereocenters. The van der Waals surface area contributed by atoms with Crippen molar-refractivity contribution < 1.29 is 24.2 Å². The highest BCUT2D eigenvalue weighted by Crippen LogP contribution is 2.39. The van der Waals surface area contributed by atoms with Crippen LogP contribution < -0.4 is 14.8 Å². The summed E-state index contributed by atoms with van der Waals surface area (Å²) in [6.07, 6.45) is 4.00. The predicted octanol–water partition coefficient (Wildman–Crippen LogP) is 3.49. The molecule has 8 nitrogen and oxygen atoms in total. The summed E-state index contributed by atoms with van der Waals surface area (Å²) >= 11 is 7.86. The van der Waals surface area contributed by atoms with Crippen molar-refractivity contribution in [3.63, 3.8) is 0 Å². The molecule has 30 heavy (non-hydrogen) atoms. The van der Waals surface area contributed by atoms with Gasteiger partial charge in [0.25, 0.3) is 5.91 Å². The molecular weight excluding hydrogens is 446 g/mol. The van der Waals surface area contributed by atoms with E-state index < -0.39 is 0 Å². The number of aromatic hydroxyl groups is 1. The summed E-state index contributed by atoms with van der Waals surface area (Å²) in [5, 5.41) is 15.1. The normalized spacial score (nSPS) is 15.0. The second-order valence-corrected chi connectivity index (χ2v) is 8.67. The summed E-state index contributed by atoms with van der Waals surface area (Å²) in [4.78, 5) is 30.6. The Bertz CT molecular complexity index is 966. The van der Waals surface area contributed by atoms with Crippen LogP contribution in [0.5, 0.6) is 17.2 Å². The molecule has 3 rings (SSSR count). The molecule has 0 saturated carbocycles. The van der Waals surface area contributed by atoms with Crippen LogP contribution in [-0.4, -0.2) is 51.9 Å². The number of phenols is 1. The van der Waals surface area contributed by atoms with Gasteiger partial charge in [-0.2, -0.15) is 0 Å². The third-order valence-electron chi connectivity index (χ3n) is 4.14. The number of carbonyl (C=O) groups is 2. The van der Waals surface area contributed by atoms with Crippen LogP contribution in [0.15, 0.2) is 28.6 Å². The van der Waals surface area contributed by atoms with E-state index in [4.69, 9.17) is 21.7 Å². The summed E-state index contributed by atoms with van der Waals surface area (Å²) in [5.41, 5.74) is 0.629. The lowest BCUT2D eigenvalue weighted by Gasteiger charge is -2.13. The van der Waals surface area contributed by atoms with Crippen LogP contribution in [0.3, 0.4) is 0 Å². The van der Waals surface area contributed by atoms with Crippen molar-refractivity contribution in [2.24, 2.45) is 0 Å². The molecule has 1 aliphatic rings. The first-order chi connectivity index (χ1) is 14.4. The van der Waals surface area contributed by atoms with E-state index in [1.165, 1.54) is 42.2 Å². The number of hydrogen-bond donors (Lipinski definition) is 2. The molecule has 0 radical (unpaired) electrons. The van der Waals surface area contributed by atoms with E-state index in [1.54, 1.807) is 29.8 Å². The summed E-state index contributed by atoms with van der Waals surface area (Å²) < 4.78 is 10.7. The molecule has 2 amide bonds. The maximum Gasteiger partial charge on any atom is 0.266 e. The number of aromatic nitrogens is 1. The first-order valence-electron chi connectivity index (χ1n) is 8.82. The number of carbonyl (C=O) groups excluding carboxylic acids is 2. The van der Waals surface area contributed by atoms with Gasteiger partial charge >= 0.3 is 0 Å². The van der Waals surface area contributed by atoms with Crippen molar-refractivity contribution in [3.8, 4) is 17.2 Å². The van der Waals surface area contributed by atoms with Gasteiger partial charge in [0.15, 0.2) is 16.6 Å². The van der Waals surface area contributed by atoms with E-state index in [2.05, 4.69) is 10.3 Å². The number of nitrogens with zero attached hydrogens (tertiary/aromatic N) is 2. The van der Waals surface area contributed by atoms with Crippen molar-refractivity contribution in [1.82, 2.24) is 9.88 Å². The average molecular weight is 466 g/mol. The number of benzene rings is 1. The first-order valence-corrected chi connectivity index (χ1v) is 10.9. The number of hydrogen-bond acceptors (Lipinski definition) is 9. The van der Waals surface area contributed by atoms with Gasteiger partial charge in [-0.25, -0.2) is 4.98 Å². The zero-order valence-electron chi connectivity index (χ0n) is 16.2. The van der Waals surface area contributed by atoms with Crippen LogP contribution >= 0.6 is 35.3 Å². The molecule has 0 atom stereocenters. The predicted molar refractivity (Wildman–Crippen MR) is 121 cm³/mol. The van der Waals surface area contributed by atoms with Crippen molar-refractivity contribution in [2.45, 2.75) is 12.8 Å². The number of ether oxygens (including phenoxy) is 2. The van der Waals surface area contributed by atoms with E-state index in [-0.39, 0.29) is 35.5 Å². The van der Waals surface area contributed by atoms with Crippen LogP contribution in [0, 0.1) is 0 Å². The molecule has 2 N–H and O–H groups in total. The van der Waals surface area contributed by atoms with E-state index in [1.807, 2.05) is 0 Å². The van der Waals surface area contributed by atoms with Crippen LogP contribution in [0.2, 0.25) is 0 Å². The summed E-state index contributed by atoms with van der Waals surface area (Å²) in [7, 11) is 2.87. The van der Waals surface area contributed by atoms with Crippen LogP contribution in [-0.2, 0) is 9.59 Å². The number of phenolic OH excluding ortho intramolecular Hbond substituents is 1. The molecule has 0 bridgehead atoms. The van der Waals surface area contributed by atoms with Crippen molar-refractivity contribution in [1.29, 1.82) is 0 Å². The van der Waals surface area contributed by atoms with Crippen molar-refractivity contribution >= 4 is 62.7 Å². The largest absolute Gasteiger partial charge is 0.502 e. The lowest BCUT2D eigenvalue weighted by molar-refractivity contribution is -0.122. The Labute approximate surface area is 186 Å². The Balaban J connectivity index is 1.63. The van der Waals surface area contributed by atoms with Crippen molar-refractivity contribution in [3.05, 3.63) is 34.2 Å². The fourth-order valence-electron chi connectivity index (χ4n) is 2.71. The van der Waals surface area contributed by atoms with Crippen molar-refractivity contribution in [2.75, 3.05) is 26.1 Å². The minimum absolute atomic E-state index is 0.110. The fourth-order valence-corrected chi connectivity index (χ4v) is 4.56. The Morgan fingerprint density at radius 2 is 2.03 bits per heavy atom. The third kappa shape index (κ3) is 5.10. The molecule has 2 aromatic rings. The van der Waals surface area contributed by atoms with E-state index >= 15 is 0 Å². The minimum atomic E-state index is -0.226. The van der Waals surface area contributed by atoms with Gasteiger partial charge in [0.05, 0.1) is 19.1 Å². The lowest BCUT2D eigenvalue weighted by Crippen LogP contribution is -2.29. The molecule has 2 heterocycles. The molecule has 1 aliphatic heterocycles. The van der Waals surface area contributed by atoms with Crippen LogP contribution in [0.25, 0.3) is 6.08 Å². The summed E-state index contributed by atoms with van der Waals surface area (Å²) in [6, 6.07) is 3.21. The van der Waals surface area contributed by atoms with Gasteiger partial charge in [-0.05, 0) is 30.2 Å². The smallest absolute Gasteiger partial charge is 0.266 e.